The molecule has 0 unspecified atom stereocenters. The summed E-state index contributed by atoms with van der Waals surface area (Å²) in [6.45, 7) is 5.64. The normalized spacial score (nSPS) is 18.8. The summed E-state index contributed by atoms with van der Waals surface area (Å²) in [6, 6.07) is 3.71. The molecular formula is C18H15NO3. The molecule has 2 aliphatic rings. The van der Waals surface area contributed by atoms with Gasteiger partial charge < -0.3 is 9.72 Å². The van der Waals surface area contributed by atoms with Gasteiger partial charge in [-0.2, -0.15) is 0 Å². The number of H-pyrrole nitrogens is 1. The maximum atomic E-state index is 12.4. The van der Waals surface area contributed by atoms with Crippen molar-refractivity contribution in [1.82, 2.24) is 4.98 Å². The van der Waals surface area contributed by atoms with Crippen LogP contribution in [-0.2, 0) is 0 Å². The molecule has 1 aliphatic heterocycles. The van der Waals surface area contributed by atoms with Crippen molar-refractivity contribution in [1.29, 1.82) is 0 Å². The van der Waals surface area contributed by atoms with Crippen LogP contribution in [0, 0.1) is 0 Å². The molecule has 4 heteroatoms. The van der Waals surface area contributed by atoms with E-state index in [2.05, 4.69) is 4.98 Å². The fourth-order valence-electron chi connectivity index (χ4n) is 3.07. The highest BCUT2D eigenvalue weighted by atomic mass is 16.5. The summed E-state index contributed by atoms with van der Waals surface area (Å²) >= 11 is 0. The number of rotatable bonds is 0. The van der Waals surface area contributed by atoms with Crippen molar-refractivity contribution >= 4 is 28.5 Å². The second-order valence-corrected chi connectivity index (χ2v) is 6.33. The number of carbonyl (C=O) groups excluding carboxylic acids is 2. The van der Waals surface area contributed by atoms with Crippen LogP contribution in [0.25, 0.3) is 17.0 Å². The van der Waals surface area contributed by atoms with Gasteiger partial charge in [0.15, 0.2) is 5.78 Å². The molecule has 0 atom stereocenters. The molecule has 1 aliphatic carbocycles. The third-order valence-corrected chi connectivity index (χ3v) is 4.18. The Morgan fingerprint density at radius 1 is 1.18 bits per heavy atom. The van der Waals surface area contributed by atoms with Crippen LogP contribution >= 0.6 is 0 Å². The summed E-state index contributed by atoms with van der Waals surface area (Å²) in [5.74, 6) is 0.503. The Morgan fingerprint density at radius 3 is 2.73 bits per heavy atom. The van der Waals surface area contributed by atoms with Crippen LogP contribution in [0.3, 0.4) is 0 Å². The van der Waals surface area contributed by atoms with Crippen molar-refractivity contribution in [3.8, 4) is 5.75 Å². The third kappa shape index (κ3) is 1.64. The van der Waals surface area contributed by atoms with Crippen molar-refractivity contribution in [2.45, 2.75) is 26.4 Å². The van der Waals surface area contributed by atoms with E-state index in [0.29, 0.717) is 16.8 Å². The van der Waals surface area contributed by atoms with E-state index >= 15 is 0 Å². The quantitative estimate of drug-likeness (QED) is 0.806. The Balaban J connectivity index is 2.03. The van der Waals surface area contributed by atoms with E-state index in [1.165, 1.54) is 6.08 Å². The molecular weight excluding hydrogens is 278 g/mol. The fraction of sp³-hybridized carbons (Fsp3) is 0.222. The van der Waals surface area contributed by atoms with Gasteiger partial charge >= 0.3 is 0 Å². The minimum absolute atomic E-state index is 0.0955. The lowest BCUT2D eigenvalue weighted by Gasteiger charge is -2.28. The molecule has 4 nitrogen and oxygen atoms in total. The largest absolute Gasteiger partial charge is 0.483 e. The molecule has 0 fully saturated rings. The molecule has 4 rings (SSSR count). The summed E-state index contributed by atoms with van der Waals surface area (Å²) in [6.07, 6.45) is 5.35. The number of fused-ring (bicyclic) bond motifs is 5. The van der Waals surface area contributed by atoms with E-state index in [-0.39, 0.29) is 17.2 Å². The van der Waals surface area contributed by atoms with E-state index in [4.69, 9.17) is 4.74 Å². The Labute approximate surface area is 127 Å². The summed E-state index contributed by atoms with van der Waals surface area (Å²) in [5, 5.41) is 0.771. The van der Waals surface area contributed by atoms with Gasteiger partial charge in [0.25, 0.3) is 0 Å². The minimum Gasteiger partial charge on any atom is -0.483 e. The lowest BCUT2D eigenvalue weighted by atomic mass is 9.92. The molecule has 2 aromatic rings. The highest BCUT2D eigenvalue weighted by molar-refractivity contribution is 6.29. The first kappa shape index (κ1) is 13.1. The van der Waals surface area contributed by atoms with Gasteiger partial charge in [-0.1, -0.05) is 0 Å². The number of aromatic nitrogens is 1. The van der Waals surface area contributed by atoms with Crippen molar-refractivity contribution in [2.24, 2.45) is 0 Å². The maximum Gasteiger partial charge on any atom is 0.203 e. The Kier molecular flexibility index (Phi) is 2.36. The van der Waals surface area contributed by atoms with E-state index < -0.39 is 0 Å². The number of ether oxygens (including phenoxy) is 1. The fourth-order valence-corrected chi connectivity index (χ4v) is 3.07. The second-order valence-electron chi connectivity index (χ2n) is 6.33. The summed E-state index contributed by atoms with van der Waals surface area (Å²) in [7, 11) is 0. The van der Waals surface area contributed by atoms with Crippen LogP contribution in [0.1, 0.15) is 47.2 Å². The average molecular weight is 293 g/mol. The van der Waals surface area contributed by atoms with Gasteiger partial charge in [-0.15, -0.1) is 0 Å². The zero-order valence-electron chi connectivity index (χ0n) is 12.6. The van der Waals surface area contributed by atoms with Gasteiger partial charge in [-0.3, -0.25) is 9.59 Å². The number of allylic oxidation sites excluding steroid dienone is 2. The van der Waals surface area contributed by atoms with Crippen molar-refractivity contribution in [3.63, 3.8) is 0 Å². The number of ketones is 2. The van der Waals surface area contributed by atoms with Gasteiger partial charge in [0.1, 0.15) is 11.4 Å². The van der Waals surface area contributed by atoms with Gasteiger partial charge in [0.05, 0.1) is 16.8 Å². The van der Waals surface area contributed by atoms with Gasteiger partial charge in [-0.25, -0.2) is 0 Å². The van der Waals surface area contributed by atoms with Crippen molar-refractivity contribution in [2.75, 3.05) is 0 Å². The zero-order valence-corrected chi connectivity index (χ0v) is 12.6. The third-order valence-electron chi connectivity index (χ3n) is 4.18. The number of aromatic amines is 1. The van der Waals surface area contributed by atoms with E-state index in [1.54, 1.807) is 6.92 Å². The van der Waals surface area contributed by atoms with E-state index in [1.807, 2.05) is 38.1 Å². The number of hydrogen-bond acceptors (Lipinski definition) is 3. The average Bonchev–Trinajstić information content (AvgIpc) is 2.83. The molecule has 0 saturated carbocycles. The molecule has 22 heavy (non-hydrogen) atoms. The van der Waals surface area contributed by atoms with Crippen LogP contribution in [-0.4, -0.2) is 22.2 Å². The number of Topliss-reactive ketones (excluding diaryl/α,β-unsaturated/α-hetero) is 1. The molecule has 0 radical (unpaired) electrons. The first-order chi connectivity index (χ1) is 10.4. The molecule has 1 aromatic heterocycles. The van der Waals surface area contributed by atoms with Crippen molar-refractivity contribution < 1.29 is 14.3 Å². The first-order valence-corrected chi connectivity index (χ1v) is 7.22. The van der Waals surface area contributed by atoms with E-state index in [9.17, 15) is 9.59 Å². The minimum atomic E-state index is -0.364. The lowest BCUT2D eigenvalue weighted by Crippen LogP contribution is -2.27. The standard InChI is InChI=1S/C18H15NO3/c1-9-8-12(20)16-14(17(9)21)11-4-5-13-10(15(11)19-16)6-7-18(2,3)22-13/h4-8,19H,1-3H3. The first-order valence-electron chi connectivity index (χ1n) is 7.22. The Hall–Kier alpha value is -2.62. The number of nitrogens with one attached hydrogen (secondary N) is 1. The number of carbonyl (C=O) groups is 2. The smallest absolute Gasteiger partial charge is 0.203 e. The molecule has 110 valence electrons. The monoisotopic (exact) mass is 293 g/mol. The molecule has 0 saturated heterocycles. The zero-order chi connectivity index (χ0) is 15.6. The number of benzene rings is 1. The highest BCUT2D eigenvalue weighted by Crippen LogP contribution is 2.39. The summed E-state index contributed by atoms with van der Waals surface area (Å²) in [5.41, 5.74) is 2.61. The molecule has 0 spiro atoms. The number of hydrogen-bond donors (Lipinski definition) is 1. The molecule has 0 amide bonds. The lowest BCUT2D eigenvalue weighted by molar-refractivity contribution is 0.0983. The molecule has 2 heterocycles. The van der Waals surface area contributed by atoms with Crippen LogP contribution in [0.2, 0.25) is 0 Å². The van der Waals surface area contributed by atoms with Crippen LogP contribution in [0.5, 0.6) is 5.75 Å². The molecule has 1 aromatic carbocycles. The van der Waals surface area contributed by atoms with E-state index in [0.717, 1.165) is 22.2 Å². The summed E-state index contributed by atoms with van der Waals surface area (Å²) < 4.78 is 5.94. The van der Waals surface area contributed by atoms with Crippen LogP contribution in [0.15, 0.2) is 29.9 Å². The van der Waals surface area contributed by atoms with Gasteiger partial charge in [0.2, 0.25) is 5.78 Å². The predicted octanol–water partition coefficient (Wildman–Crippen LogP) is 3.68. The Morgan fingerprint density at radius 2 is 1.95 bits per heavy atom. The maximum absolute atomic E-state index is 12.4. The van der Waals surface area contributed by atoms with Gasteiger partial charge in [-0.05, 0) is 51.1 Å². The topological polar surface area (TPSA) is 59.2 Å². The van der Waals surface area contributed by atoms with Crippen LogP contribution in [0.4, 0.5) is 0 Å². The predicted molar refractivity (Wildman–Crippen MR) is 84.5 cm³/mol. The van der Waals surface area contributed by atoms with Gasteiger partial charge in [0, 0.05) is 16.5 Å². The molecule has 1 N–H and O–H groups in total. The van der Waals surface area contributed by atoms with Crippen LogP contribution < -0.4 is 4.74 Å². The molecule has 0 bridgehead atoms. The second kappa shape index (κ2) is 3.97. The SMILES string of the molecule is CC1=CC(=O)c2[nH]c3c4c(ccc3c2C1=O)OC(C)(C)C=C4. The Bertz CT molecular complexity index is 925. The highest BCUT2D eigenvalue weighted by Gasteiger charge is 2.30. The summed E-state index contributed by atoms with van der Waals surface area (Å²) in [4.78, 5) is 27.7. The van der Waals surface area contributed by atoms with Crippen molar-refractivity contribution in [3.05, 3.63) is 46.7 Å².